The lowest BCUT2D eigenvalue weighted by molar-refractivity contribution is -0.122. The number of rotatable bonds is 9. The molecule has 0 unspecified atom stereocenters. The molecule has 1 aromatic carbocycles. The van der Waals surface area contributed by atoms with E-state index in [0.29, 0.717) is 24.0 Å². The molecular formula is C23H31Br2NO2. The highest BCUT2D eigenvalue weighted by Gasteiger charge is 2.23. The highest BCUT2D eigenvalue weighted by Crippen LogP contribution is 2.28. The van der Waals surface area contributed by atoms with Crippen molar-refractivity contribution < 1.29 is 9.59 Å². The maximum absolute atomic E-state index is 12.5. The number of likely N-dealkylation sites (tertiary alicyclic amines) is 1. The maximum Gasteiger partial charge on any atom is 0.162 e. The number of carbonyl (C=O) groups is 2. The van der Waals surface area contributed by atoms with Gasteiger partial charge in [0.15, 0.2) is 5.78 Å². The summed E-state index contributed by atoms with van der Waals surface area (Å²) in [6.07, 6.45) is 10.5. The molecule has 1 aromatic rings. The van der Waals surface area contributed by atoms with Gasteiger partial charge in [0.1, 0.15) is 5.78 Å². The predicted molar refractivity (Wildman–Crippen MR) is 121 cm³/mol. The Morgan fingerprint density at radius 1 is 0.929 bits per heavy atom. The second-order valence-corrected chi connectivity index (χ2v) is 10.3. The molecule has 1 heterocycles. The number of ketones is 2. The zero-order valence-electron chi connectivity index (χ0n) is 16.6. The van der Waals surface area contributed by atoms with Gasteiger partial charge in [-0.3, -0.25) is 9.59 Å². The fourth-order valence-electron chi connectivity index (χ4n) is 4.62. The van der Waals surface area contributed by atoms with Crippen LogP contribution in [0.3, 0.4) is 0 Å². The van der Waals surface area contributed by atoms with Crippen molar-refractivity contribution in [2.24, 2.45) is 11.8 Å². The van der Waals surface area contributed by atoms with Crippen molar-refractivity contribution >= 4 is 43.4 Å². The third-order valence-corrected chi connectivity index (χ3v) is 7.30. The standard InChI is InChI=1S/C23H31Br2NO2/c24-20-14-19(15-21(25)16-20)23(28)8-7-17-9-12-26(13-10-17)11-3-6-22(27)18-4-1-2-5-18/h14-18H,1-13H2. The van der Waals surface area contributed by atoms with Crippen LogP contribution in [0.5, 0.6) is 0 Å². The Kier molecular flexibility index (Phi) is 8.73. The molecule has 0 bridgehead atoms. The first-order valence-corrected chi connectivity index (χ1v) is 12.3. The highest BCUT2D eigenvalue weighted by atomic mass is 79.9. The van der Waals surface area contributed by atoms with Gasteiger partial charge in [-0.25, -0.2) is 0 Å². The van der Waals surface area contributed by atoms with Gasteiger partial charge in [0.25, 0.3) is 0 Å². The van der Waals surface area contributed by atoms with Gasteiger partial charge < -0.3 is 4.90 Å². The van der Waals surface area contributed by atoms with E-state index in [9.17, 15) is 9.59 Å². The Labute approximate surface area is 185 Å². The SMILES string of the molecule is O=C(CCC1CCN(CCCC(=O)C2CCCC2)CC1)c1cc(Br)cc(Br)c1. The largest absolute Gasteiger partial charge is 0.303 e. The van der Waals surface area contributed by atoms with Crippen molar-refractivity contribution in [3.8, 4) is 0 Å². The maximum atomic E-state index is 12.5. The lowest BCUT2D eigenvalue weighted by atomic mass is 9.90. The zero-order chi connectivity index (χ0) is 19.9. The number of hydrogen-bond donors (Lipinski definition) is 0. The van der Waals surface area contributed by atoms with Crippen LogP contribution in [0.2, 0.25) is 0 Å². The molecule has 28 heavy (non-hydrogen) atoms. The van der Waals surface area contributed by atoms with Crippen molar-refractivity contribution in [2.45, 2.75) is 64.2 Å². The van der Waals surface area contributed by atoms with Crippen LogP contribution < -0.4 is 0 Å². The van der Waals surface area contributed by atoms with Gasteiger partial charge in [0.05, 0.1) is 0 Å². The van der Waals surface area contributed by atoms with Crippen molar-refractivity contribution in [3.05, 3.63) is 32.7 Å². The summed E-state index contributed by atoms with van der Waals surface area (Å²) in [6.45, 7) is 3.27. The van der Waals surface area contributed by atoms with E-state index in [2.05, 4.69) is 36.8 Å². The van der Waals surface area contributed by atoms with Gasteiger partial charge in [0.2, 0.25) is 0 Å². The van der Waals surface area contributed by atoms with Crippen LogP contribution in [0.4, 0.5) is 0 Å². The van der Waals surface area contributed by atoms with E-state index in [0.717, 1.165) is 66.2 Å². The number of carbonyl (C=O) groups excluding carboxylic acids is 2. The summed E-state index contributed by atoms with van der Waals surface area (Å²) in [5.74, 6) is 1.75. The van der Waals surface area contributed by atoms with Gasteiger partial charge in [-0.15, -0.1) is 0 Å². The van der Waals surface area contributed by atoms with Gasteiger partial charge in [-0.05, 0) is 82.3 Å². The van der Waals surface area contributed by atoms with E-state index in [-0.39, 0.29) is 5.78 Å². The molecular weight excluding hydrogens is 482 g/mol. The summed E-state index contributed by atoms with van der Waals surface area (Å²) >= 11 is 6.91. The first-order chi connectivity index (χ1) is 13.5. The van der Waals surface area contributed by atoms with Crippen LogP contribution in [-0.2, 0) is 4.79 Å². The Balaban J connectivity index is 1.31. The number of hydrogen-bond acceptors (Lipinski definition) is 3. The van der Waals surface area contributed by atoms with Crippen LogP contribution in [0.1, 0.15) is 74.6 Å². The molecule has 3 rings (SSSR count). The Morgan fingerprint density at radius 2 is 1.57 bits per heavy atom. The van der Waals surface area contributed by atoms with E-state index >= 15 is 0 Å². The van der Waals surface area contributed by atoms with Gasteiger partial charge in [-0.1, -0.05) is 44.7 Å². The van der Waals surface area contributed by atoms with Crippen molar-refractivity contribution in [1.82, 2.24) is 4.90 Å². The predicted octanol–water partition coefficient (Wildman–Crippen LogP) is 6.43. The van der Waals surface area contributed by atoms with Crippen LogP contribution >= 0.6 is 31.9 Å². The van der Waals surface area contributed by atoms with Gasteiger partial charge >= 0.3 is 0 Å². The number of benzene rings is 1. The Hall–Kier alpha value is -0.520. The van der Waals surface area contributed by atoms with Gasteiger partial charge in [0, 0.05) is 33.3 Å². The summed E-state index contributed by atoms with van der Waals surface area (Å²) in [5, 5.41) is 0. The molecule has 0 amide bonds. The molecule has 0 atom stereocenters. The van der Waals surface area contributed by atoms with E-state index in [1.165, 1.54) is 25.7 Å². The summed E-state index contributed by atoms with van der Waals surface area (Å²) in [4.78, 5) is 27.2. The van der Waals surface area contributed by atoms with Crippen molar-refractivity contribution in [3.63, 3.8) is 0 Å². The molecule has 1 saturated heterocycles. The normalized spacial score (nSPS) is 19.2. The molecule has 0 radical (unpaired) electrons. The van der Waals surface area contributed by atoms with Crippen molar-refractivity contribution in [2.75, 3.05) is 19.6 Å². The minimum absolute atomic E-state index is 0.231. The second kappa shape index (κ2) is 11.0. The molecule has 0 spiro atoms. The zero-order valence-corrected chi connectivity index (χ0v) is 19.8. The number of Topliss-reactive ketones (excluding diaryl/α,β-unsaturated/α-hetero) is 2. The molecule has 154 valence electrons. The molecule has 0 aromatic heterocycles. The molecule has 2 aliphatic rings. The second-order valence-electron chi connectivity index (χ2n) is 8.46. The summed E-state index contributed by atoms with van der Waals surface area (Å²) in [5.41, 5.74) is 0.783. The summed E-state index contributed by atoms with van der Waals surface area (Å²) in [7, 11) is 0. The minimum atomic E-state index is 0.231. The van der Waals surface area contributed by atoms with E-state index < -0.39 is 0 Å². The Morgan fingerprint density at radius 3 is 2.21 bits per heavy atom. The van der Waals surface area contributed by atoms with Crippen LogP contribution in [0, 0.1) is 11.8 Å². The first-order valence-electron chi connectivity index (χ1n) is 10.8. The number of piperidine rings is 1. The lowest BCUT2D eigenvalue weighted by Gasteiger charge is -2.32. The van der Waals surface area contributed by atoms with Crippen LogP contribution in [0.25, 0.3) is 0 Å². The third kappa shape index (κ3) is 6.77. The highest BCUT2D eigenvalue weighted by molar-refractivity contribution is 9.11. The molecule has 2 fully saturated rings. The fraction of sp³-hybridized carbons (Fsp3) is 0.652. The van der Waals surface area contributed by atoms with E-state index in [1.54, 1.807) is 0 Å². The summed E-state index contributed by atoms with van der Waals surface area (Å²) in [6, 6.07) is 5.76. The number of nitrogens with zero attached hydrogens (tertiary/aromatic N) is 1. The smallest absolute Gasteiger partial charge is 0.162 e. The Bertz CT molecular complexity index is 657. The monoisotopic (exact) mass is 511 g/mol. The lowest BCUT2D eigenvalue weighted by Crippen LogP contribution is -2.34. The molecule has 3 nitrogen and oxygen atoms in total. The average Bonchev–Trinajstić information content (AvgIpc) is 3.21. The van der Waals surface area contributed by atoms with Crippen molar-refractivity contribution in [1.29, 1.82) is 0 Å². The van der Waals surface area contributed by atoms with E-state index in [4.69, 9.17) is 0 Å². The number of halogens is 2. The molecule has 1 aliphatic heterocycles. The van der Waals surface area contributed by atoms with Crippen LogP contribution in [0.15, 0.2) is 27.1 Å². The van der Waals surface area contributed by atoms with E-state index in [1.807, 2.05) is 18.2 Å². The quantitative estimate of drug-likeness (QED) is 0.358. The summed E-state index contributed by atoms with van der Waals surface area (Å²) < 4.78 is 1.87. The average molecular weight is 513 g/mol. The van der Waals surface area contributed by atoms with Crippen LogP contribution in [-0.4, -0.2) is 36.1 Å². The topological polar surface area (TPSA) is 37.4 Å². The molecule has 5 heteroatoms. The molecule has 1 aliphatic carbocycles. The molecule has 1 saturated carbocycles. The third-order valence-electron chi connectivity index (χ3n) is 6.38. The minimum Gasteiger partial charge on any atom is -0.303 e. The molecule has 0 N–H and O–H groups in total. The fourth-order valence-corrected chi connectivity index (χ4v) is 5.92. The van der Waals surface area contributed by atoms with Gasteiger partial charge in [-0.2, -0.15) is 0 Å². The first kappa shape index (κ1) is 22.2.